The number of aromatic nitrogens is 4. The van der Waals surface area contributed by atoms with Crippen molar-refractivity contribution < 1.29 is 0 Å². The number of rotatable bonds is 1. The molecule has 0 saturated heterocycles. The van der Waals surface area contributed by atoms with E-state index in [0.717, 1.165) is 10.9 Å². The smallest absolute Gasteiger partial charge is 0.224 e. The molecule has 1 aromatic carbocycles. The molecule has 6 heteroatoms. The van der Waals surface area contributed by atoms with Crippen LogP contribution in [0.3, 0.4) is 0 Å². The minimum Gasteiger partial charge on any atom is -0.226 e. The predicted molar refractivity (Wildman–Crippen MR) is 66.4 cm³/mol. The molecule has 0 fully saturated rings. The molecule has 0 radical (unpaired) electrons. The van der Waals surface area contributed by atoms with E-state index in [0.29, 0.717) is 11.4 Å². The standard InChI is InChI=1S/C12H6ClN5/c13-12-15-4-3-11(17-12)18-10-2-1-8(6-14)5-9(10)7-16-18/h1-5,7H. The Bertz CT molecular complexity index is 771. The number of benzene rings is 1. The van der Waals surface area contributed by atoms with E-state index in [2.05, 4.69) is 21.1 Å². The van der Waals surface area contributed by atoms with Crippen LogP contribution < -0.4 is 0 Å². The van der Waals surface area contributed by atoms with Gasteiger partial charge in [0.05, 0.1) is 23.3 Å². The minimum absolute atomic E-state index is 0.171. The third-order valence-corrected chi connectivity index (χ3v) is 2.71. The first-order valence-electron chi connectivity index (χ1n) is 5.15. The van der Waals surface area contributed by atoms with Gasteiger partial charge < -0.3 is 0 Å². The van der Waals surface area contributed by atoms with Gasteiger partial charge in [-0.3, -0.25) is 0 Å². The third kappa shape index (κ3) is 1.69. The first kappa shape index (κ1) is 10.7. The van der Waals surface area contributed by atoms with Crippen molar-refractivity contribution in [1.29, 1.82) is 5.26 Å². The molecule has 0 aliphatic rings. The molecular formula is C12H6ClN5. The second-order valence-electron chi connectivity index (χ2n) is 3.63. The van der Waals surface area contributed by atoms with Crippen LogP contribution in [0.25, 0.3) is 16.7 Å². The fourth-order valence-electron chi connectivity index (χ4n) is 1.73. The van der Waals surface area contributed by atoms with Gasteiger partial charge in [-0.25, -0.2) is 9.67 Å². The van der Waals surface area contributed by atoms with E-state index in [4.69, 9.17) is 16.9 Å². The van der Waals surface area contributed by atoms with Gasteiger partial charge in [-0.15, -0.1) is 0 Å². The molecule has 0 saturated carbocycles. The summed E-state index contributed by atoms with van der Waals surface area (Å²) < 4.78 is 1.66. The summed E-state index contributed by atoms with van der Waals surface area (Å²) in [7, 11) is 0. The summed E-state index contributed by atoms with van der Waals surface area (Å²) in [4.78, 5) is 7.93. The molecule has 0 bridgehead atoms. The summed E-state index contributed by atoms with van der Waals surface area (Å²) in [5.74, 6) is 0.592. The summed E-state index contributed by atoms with van der Waals surface area (Å²) in [5, 5.41) is 14.1. The first-order valence-corrected chi connectivity index (χ1v) is 5.52. The van der Waals surface area contributed by atoms with Gasteiger partial charge in [0.25, 0.3) is 0 Å². The summed E-state index contributed by atoms with van der Waals surface area (Å²) in [5.41, 5.74) is 1.46. The van der Waals surface area contributed by atoms with Crippen molar-refractivity contribution in [3.63, 3.8) is 0 Å². The molecule has 5 nitrogen and oxygen atoms in total. The Morgan fingerprint density at radius 2 is 2.17 bits per heavy atom. The Kier molecular flexibility index (Phi) is 2.43. The van der Waals surface area contributed by atoms with E-state index < -0.39 is 0 Å². The molecule has 0 amide bonds. The average molecular weight is 256 g/mol. The molecule has 0 aliphatic heterocycles. The van der Waals surface area contributed by atoms with Crippen molar-refractivity contribution in [3.05, 3.63) is 47.5 Å². The molecular weight excluding hydrogens is 250 g/mol. The van der Waals surface area contributed by atoms with E-state index in [9.17, 15) is 0 Å². The van der Waals surface area contributed by atoms with Crippen LogP contribution in [0.1, 0.15) is 5.56 Å². The van der Waals surface area contributed by atoms with Crippen molar-refractivity contribution in [2.45, 2.75) is 0 Å². The molecule has 2 aromatic heterocycles. The maximum atomic E-state index is 8.84. The first-order chi connectivity index (χ1) is 8.78. The van der Waals surface area contributed by atoms with Gasteiger partial charge in [-0.05, 0) is 29.8 Å². The molecule has 0 spiro atoms. The van der Waals surface area contributed by atoms with Gasteiger partial charge in [-0.2, -0.15) is 15.3 Å². The Morgan fingerprint density at radius 1 is 1.28 bits per heavy atom. The maximum absolute atomic E-state index is 8.84. The number of fused-ring (bicyclic) bond motifs is 1. The van der Waals surface area contributed by atoms with Gasteiger partial charge in [0, 0.05) is 17.6 Å². The molecule has 18 heavy (non-hydrogen) atoms. The Balaban J connectivity index is 2.22. The van der Waals surface area contributed by atoms with E-state index in [1.54, 1.807) is 35.3 Å². The summed E-state index contributed by atoms with van der Waals surface area (Å²) in [6, 6.07) is 9.16. The Hall–Kier alpha value is -2.45. The normalized spacial score (nSPS) is 10.4. The SMILES string of the molecule is N#Cc1ccc2c(cnn2-c2ccnc(Cl)n2)c1. The molecule has 86 valence electrons. The molecule has 0 unspecified atom stereocenters. The Morgan fingerprint density at radius 3 is 2.94 bits per heavy atom. The quantitative estimate of drug-likeness (QED) is 0.626. The molecule has 0 atom stereocenters. The zero-order valence-corrected chi connectivity index (χ0v) is 9.83. The number of halogens is 1. The lowest BCUT2D eigenvalue weighted by Crippen LogP contribution is -1.99. The minimum atomic E-state index is 0.171. The average Bonchev–Trinajstić information content (AvgIpc) is 2.81. The van der Waals surface area contributed by atoms with Gasteiger partial charge in [0.1, 0.15) is 0 Å². The molecule has 2 heterocycles. The number of hydrogen-bond donors (Lipinski definition) is 0. The van der Waals surface area contributed by atoms with Crippen molar-refractivity contribution in [2.24, 2.45) is 0 Å². The second kappa shape index (κ2) is 4.09. The fourth-order valence-corrected chi connectivity index (χ4v) is 1.87. The highest BCUT2D eigenvalue weighted by Gasteiger charge is 2.07. The van der Waals surface area contributed by atoms with Gasteiger partial charge >= 0.3 is 0 Å². The maximum Gasteiger partial charge on any atom is 0.224 e. The topological polar surface area (TPSA) is 67.4 Å². The van der Waals surface area contributed by atoms with E-state index in [1.165, 1.54) is 0 Å². The van der Waals surface area contributed by atoms with Crippen molar-refractivity contribution in [2.75, 3.05) is 0 Å². The Labute approximate surface area is 107 Å². The number of hydrogen-bond acceptors (Lipinski definition) is 4. The fraction of sp³-hybridized carbons (Fsp3) is 0. The van der Waals surface area contributed by atoms with Crippen LogP contribution in [0.4, 0.5) is 0 Å². The monoisotopic (exact) mass is 255 g/mol. The third-order valence-electron chi connectivity index (χ3n) is 2.53. The van der Waals surface area contributed by atoms with Crippen LogP contribution in [-0.4, -0.2) is 19.7 Å². The largest absolute Gasteiger partial charge is 0.226 e. The molecule has 0 N–H and O–H groups in total. The van der Waals surface area contributed by atoms with Crippen molar-refractivity contribution >= 4 is 22.5 Å². The predicted octanol–water partition coefficient (Wildman–Crippen LogP) is 2.34. The number of nitriles is 1. The lowest BCUT2D eigenvalue weighted by molar-refractivity contribution is 0.866. The second-order valence-corrected chi connectivity index (χ2v) is 3.96. The molecule has 0 aliphatic carbocycles. The summed E-state index contributed by atoms with van der Waals surface area (Å²) >= 11 is 5.75. The van der Waals surface area contributed by atoms with Crippen LogP contribution in [-0.2, 0) is 0 Å². The van der Waals surface area contributed by atoms with Crippen LogP contribution in [0.15, 0.2) is 36.7 Å². The van der Waals surface area contributed by atoms with Crippen LogP contribution in [0.2, 0.25) is 5.28 Å². The van der Waals surface area contributed by atoms with Crippen LogP contribution in [0, 0.1) is 11.3 Å². The summed E-state index contributed by atoms with van der Waals surface area (Å²) in [6.45, 7) is 0. The lowest BCUT2D eigenvalue weighted by atomic mass is 10.2. The van der Waals surface area contributed by atoms with Crippen LogP contribution in [0.5, 0.6) is 0 Å². The van der Waals surface area contributed by atoms with Crippen molar-refractivity contribution in [1.82, 2.24) is 19.7 Å². The highest BCUT2D eigenvalue weighted by atomic mass is 35.5. The van der Waals surface area contributed by atoms with Crippen LogP contribution >= 0.6 is 11.6 Å². The van der Waals surface area contributed by atoms with E-state index in [1.807, 2.05) is 6.07 Å². The molecule has 3 rings (SSSR count). The highest BCUT2D eigenvalue weighted by Crippen LogP contribution is 2.18. The molecule has 3 aromatic rings. The van der Waals surface area contributed by atoms with Crippen molar-refractivity contribution in [3.8, 4) is 11.9 Å². The van der Waals surface area contributed by atoms with E-state index in [-0.39, 0.29) is 5.28 Å². The van der Waals surface area contributed by atoms with Gasteiger partial charge in [0.15, 0.2) is 5.82 Å². The van der Waals surface area contributed by atoms with Gasteiger partial charge in [0.2, 0.25) is 5.28 Å². The van der Waals surface area contributed by atoms with Gasteiger partial charge in [-0.1, -0.05) is 0 Å². The summed E-state index contributed by atoms with van der Waals surface area (Å²) in [6.07, 6.45) is 3.26. The zero-order chi connectivity index (χ0) is 12.5. The number of nitrogens with zero attached hydrogens (tertiary/aromatic N) is 5. The lowest BCUT2D eigenvalue weighted by Gasteiger charge is -2.02. The van der Waals surface area contributed by atoms with E-state index >= 15 is 0 Å². The zero-order valence-electron chi connectivity index (χ0n) is 9.08. The highest BCUT2D eigenvalue weighted by molar-refractivity contribution is 6.28.